The molecular formula is C19H13F7N2O3. The normalized spacial score (nSPS) is 19.2. The Hall–Kier alpha value is -3.31. The summed E-state index contributed by atoms with van der Waals surface area (Å²) < 4.78 is 96.0. The van der Waals surface area contributed by atoms with Crippen molar-refractivity contribution in [3.63, 3.8) is 0 Å². The molecule has 0 aromatic heterocycles. The summed E-state index contributed by atoms with van der Waals surface area (Å²) in [4.78, 5) is 15.7. The lowest BCUT2D eigenvalue weighted by Gasteiger charge is -2.30. The molecule has 1 aliphatic heterocycles. The minimum Gasteiger partial charge on any atom is -0.478 e. The van der Waals surface area contributed by atoms with Crippen LogP contribution < -0.4 is 5.73 Å². The molecule has 1 aliphatic rings. The molecule has 2 aromatic rings. The highest BCUT2D eigenvalue weighted by Gasteiger charge is 2.64. The molecule has 0 saturated carbocycles. The first-order chi connectivity index (χ1) is 14.2. The summed E-state index contributed by atoms with van der Waals surface area (Å²) in [5.74, 6) is -3.44. The highest BCUT2D eigenvalue weighted by molar-refractivity contribution is 6.03. The van der Waals surface area contributed by atoms with Gasteiger partial charge in [-0.25, -0.2) is 9.18 Å². The van der Waals surface area contributed by atoms with Gasteiger partial charge in [0.1, 0.15) is 5.82 Å². The Kier molecular flexibility index (Phi) is 5.15. The van der Waals surface area contributed by atoms with Gasteiger partial charge in [0, 0.05) is 11.3 Å². The zero-order chi connectivity index (χ0) is 23.4. The van der Waals surface area contributed by atoms with Gasteiger partial charge in [-0.05, 0) is 42.3 Å². The minimum atomic E-state index is -5.37. The quantitative estimate of drug-likeness (QED) is 0.508. The molecule has 0 aliphatic carbocycles. The highest BCUT2D eigenvalue weighted by Crippen LogP contribution is 2.51. The van der Waals surface area contributed by atoms with Crippen molar-refractivity contribution in [3.8, 4) is 0 Å². The zero-order valence-electron chi connectivity index (χ0n) is 15.5. The highest BCUT2D eigenvalue weighted by atomic mass is 19.4. The number of hydrogen-bond acceptors (Lipinski definition) is 4. The molecular weight excluding hydrogens is 437 g/mol. The fourth-order valence-corrected chi connectivity index (χ4v) is 3.27. The molecule has 0 spiro atoms. The Morgan fingerprint density at radius 3 is 2.32 bits per heavy atom. The fraction of sp³-hybridized carbons (Fsp3) is 0.263. The van der Waals surface area contributed by atoms with E-state index in [1.54, 1.807) is 0 Å². The molecule has 1 heterocycles. The standard InChI is InChI=1S/C19H13F7N2O3/c1-8-4-9(2-3-11(8)16(29)30)14-7-17(31-28-14,19(24,25)26)12-5-10(27)6-13(15(12)20)18(21,22)23/h2-6H,7,27H2,1H3,(H,29,30). The second-order valence-electron chi connectivity index (χ2n) is 6.89. The number of rotatable bonds is 3. The summed E-state index contributed by atoms with van der Waals surface area (Å²) in [6, 6.07) is 4.14. The number of hydrogen-bond donors (Lipinski definition) is 2. The maximum Gasteiger partial charge on any atom is 0.435 e. The van der Waals surface area contributed by atoms with Crippen LogP contribution in [-0.2, 0) is 16.6 Å². The maximum atomic E-state index is 14.6. The van der Waals surface area contributed by atoms with Crippen LogP contribution in [-0.4, -0.2) is 23.0 Å². The van der Waals surface area contributed by atoms with Crippen LogP contribution in [0.3, 0.4) is 0 Å². The summed E-state index contributed by atoms with van der Waals surface area (Å²) in [6.07, 6.45) is -11.8. The number of aromatic carboxylic acids is 1. The average Bonchev–Trinajstić information content (AvgIpc) is 3.08. The van der Waals surface area contributed by atoms with Crippen molar-refractivity contribution in [1.82, 2.24) is 0 Å². The number of halogens is 7. The monoisotopic (exact) mass is 450 g/mol. The SMILES string of the molecule is Cc1cc(C2=NOC(c3cc(N)cc(C(F)(F)F)c3F)(C(F)(F)F)C2)ccc1C(=O)O. The third kappa shape index (κ3) is 3.77. The van der Waals surface area contributed by atoms with Gasteiger partial charge >= 0.3 is 18.3 Å². The van der Waals surface area contributed by atoms with E-state index in [9.17, 15) is 35.5 Å². The number of aryl methyl sites for hydroxylation is 1. The average molecular weight is 450 g/mol. The van der Waals surface area contributed by atoms with Crippen LogP contribution >= 0.6 is 0 Å². The Balaban J connectivity index is 2.12. The van der Waals surface area contributed by atoms with Crippen molar-refractivity contribution in [1.29, 1.82) is 0 Å². The van der Waals surface area contributed by atoms with E-state index in [0.29, 0.717) is 6.07 Å². The summed E-state index contributed by atoms with van der Waals surface area (Å²) >= 11 is 0. The van der Waals surface area contributed by atoms with Crippen molar-refractivity contribution >= 4 is 17.4 Å². The Morgan fingerprint density at radius 1 is 1.16 bits per heavy atom. The summed E-state index contributed by atoms with van der Waals surface area (Å²) in [7, 11) is 0. The van der Waals surface area contributed by atoms with Gasteiger partial charge in [0.15, 0.2) is 0 Å². The molecule has 166 valence electrons. The molecule has 0 saturated heterocycles. The van der Waals surface area contributed by atoms with Gasteiger partial charge < -0.3 is 15.7 Å². The van der Waals surface area contributed by atoms with Gasteiger partial charge in [-0.15, -0.1) is 0 Å². The molecule has 3 rings (SSSR count). The lowest BCUT2D eigenvalue weighted by Crippen LogP contribution is -2.44. The van der Waals surface area contributed by atoms with Crippen molar-refractivity contribution in [2.45, 2.75) is 31.3 Å². The van der Waals surface area contributed by atoms with E-state index in [-0.39, 0.29) is 28.5 Å². The second kappa shape index (κ2) is 7.13. The van der Waals surface area contributed by atoms with Crippen LogP contribution in [0, 0.1) is 12.7 Å². The first kappa shape index (κ1) is 22.4. The Labute approximate surface area is 169 Å². The molecule has 3 N–H and O–H groups in total. The van der Waals surface area contributed by atoms with Crippen LogP contribution in [0.1, 0.15) is 39.0 Å². The molecule has 2 aromatic carbocycles. The second-order valence-corrected chi connectivity index (χ2v) is 6.89. The topological polar surface area (TPSA) is 84.9 Å². The molecule has 0 bridgehead atoms. The van der Waals surface area contributed by atoms with E-state index in [1.165, 1.54) is 19.1 Å². The molecule has 0 amide bonds. The number of nitrogen functional groups attached to an aromatic ring is 1. The number of alkyl halides is 6. The van der Waals surface area contributed by atoms with Crippen LogP contribution in [0.2, 0.25) is 0 Å². The van der Waals surface area contributed by atoms with E-state index in [1.807, 2.05) is 0 Å². The van der Waals surface area contributed by atoms with Gasteiger partial charge in [0.05, 0.1) is 23.3 Å². The number of benzene rings is 2. The lowest BCUT2D eigenvalue weighted by molar-refractivity contribution is -0.277. The first-order valence-electron chi connectivity index (χ1n) is 8.50. The van der Waals surface area contributed by atoms with Crippen molar-refractivity contribution in [2.75, 3.05) is 5.73 Å². The smallest absolute Gasteiger partial charge is 0.435 e. The first-order valence-corrected chi connectivity index (χ1v) is 8.50. The van der Waals surface area contributed by atoms with E-state index in [4.69, 9.17) is 10.8 Å². The predicted octanol–water partition coefficient (Wildman–Crippen LogP) is 5.02. The summed E-state index contributed by atoms with van der Waals surface area (Å²) in [6.45, 7) is 1.40. The number of carboxylic acids is 1. The summed E-state index contributed by atoms with van der Waals surface area (Å²) in [5.41, 5.74) is -2.62. The molecule has 1 unspecified atom stereocenters. The molecule has 1 atom stereocenters. The summed E-state index contributed by atoms with van der Waals surface area (Å²) in [5, 5.41) is 12.4. The van der Waals surface area contributed by atoms with Gasteiger partial charge in [-0.3, -0.25) is 0 Å². The van der Waals surface area contributed by atoms with Gasteiger partial charge in [-0.2, -0.15) is 26.3 Å². The predicted molar refractivity (Wildman–Crippen MR) is 93.9 cm³/mol. The molecule has 5 nitrogen and oxygen atoms in total. The molecule has 0 fully saturated rings. The maximum absolute atomic E-state index is 14.6. The molecule has 0 radical (unpaired) electrons. The van der Waals surface area contributed by atoms with E-state index >= 15 is 0 Å². The molecule has 31 heavy (non-hydrogen) atoms. The Morgan fingerprint density at radius 2 is 1.81 bits per heavy atom. The largest absolute Gasteiger partial charge is 0.478 e. The van der Waals surface area contributed by atoms with Crippen LogP contribution in [0.15, 0.2) is 35.5 Å². The zero-order valence-corrected chi connectivity index (χ0v) is 15.5. The lowest BCUT2D eigenvalue weighted by atomic mass is 9.84. The van der Waals surface area contributed by atoms with Crippen molar-refractivity contribution in [3.05, 3.63) is 64.0 Å². The fourth-order valence-electron chi connectivity index (χ4n) is 3.27. The third-order valence-electron chi connectivity index (χ3n) is 4.81. The van der Waals surface area contributed by atoms with E-state index in [0.717, 1.165) is 6.07 Å². The van der Waals surface area contributed by atoms with Crippen molar-refractivity contribution < 1.29 is 45.5 Å². The number of oxime groups is 1. The number of nitrogens with zero attached hydrogens (tertiary/aromatic N) is 1. The van der Waals surface area contributed by atoms with Crippen LogP contribution in [0.25, 0.3) is 0 Å². The van der Waals surface area contributed by atoms with E-state index < -0.39 is 53.0 Å². The van der Waals surface area contributed by atoms with Crippen LogP contribution in [0.5, 0.6) is 0 Å². The van der Waals surface area contributed by atoms with Crippen molar-refractivity contribution in [2.24, 2.45) is 5.16 Å². The van der Waals surface area contributed by atoms with E-state index in [2.05, 4.69) is 9.99 Å². The van der Waals surface area contributed by atoms with Gasteiger partial charge in [-0.1, -0.05) is 11.2 Å². The minimum absolute atomic E-state index is 0.0361. The van der Waals surface area contributed by atoms with Gasteiger partial charge in [0.25, 0.3) is 5.60 Å². The number of carboxylic acid groups (broad SMARTS) is 1. The third-order valence-corrected chi connectivity index (χ3v) is 4.81. The molecule has 12 heteroatoms. The number of carbonyl (C=O) groups is 1. The number of anilines is 1. The van der Waals surface area contributed by atoms with Gasteiger partial charge in [0.2, 0.25) is 0 Å². The number of nitrogens with two attached hydrogens (primary N) is 1. The van der Waals surface area contributed by atoms with Crippen LogP contribution in [0.4, 0.5) is 36.4 Å². The Bertz CT molecular complexity index is 1090.